The molecule has 0 spiro atoms. The summed E-state index contributed by atoms with van der Waals surface area (Å²) < 4.78 is 0. The Morgan fingerprint density at radius 3 is 1.78 bits per heavy atom. The number of aromatic nitrogens is 2. The average molecular weight is 351 g/mol. The van der Waals surface area contributed by atoms with Crippen LogP contribution in [-0.4, -0.2) is 34.9 Å². The second-order valence-electron chi connectivity index (χ2n) is 6.92. The number of hydrogen-bond acceptors (Lipinski definition) is 3. The highest BCUT2D eigenvalue weighted by atomic mass is 16.2. The minimum Gasteiger partial charge on any atom is -0.345 e. The first kappa shape index (κ1) is 15.7. The van der Waals surface area contributed by atoms with Gasteiger partial charge in [-0.05, 0) is 29.0 Å². The van der Waals surface area contributed by atoms with E-state index in [4.69, 9.17) is 9.97 Å². The molecule has 0 unspecified atom stereocenters. The summed E-state index contributed by atoms with van der Waals surface area (Å²) in [7, 11) is 3.50. The van der Waals surface area contributed by atoms with E-state index in [0.29, 0.717) is 5.56 Å². The van der Waals surface area contributed by atoms with E-state index in [-0.39, 0.29) is 5.91 Å². The maximum Gasteiger partial charge on any atom is 0.253 e. The van der Waals surface area contributed by atoms with Gasteiger partial charge in [-0.15, -0.1) is 0 Å². The molecule has 4 nitrogen and oxygen atoms in total. The number of carbonyl (C=O) groups is 1. The molecule has 0 atom stereocenters. The fraction of sp³-hybridized carbons (Fsp3) is 0.0870. The van der Waals surface area contributed by atoms with Crippen LogP contribution in [0.3, 0.4) is 0 Å². The fourth-order valence-electron chi connectivity index (χ4n) is 3.67. The van der Waals surface area contributed by atoms with Crippen molar-refractivity contribution < 1.29 is 4.79 Å². The predicted octanol–water partition coefficient (Wildman–Crippen LogP) is 4.79. The molecule has 1 aromatic heterocycles. The van der Waals surface area contributed by atoms with Gasteiger partial charge in [-0.3, -0.25) is 4.79 Å². The van der Waals surface area contributed by atoms with E-state index in [1.54, 1.807) is 19.0 Å². The van der Waals surface area contributed by atoms with Crippen molar-refractivity contribution in [2.24, 2.45) is 0 Å². The van der Waals surface area contributed by atoms with Crippen molar-refractivity contribution in [1.29, 1.82) is 0 Å². The lowest BCUT2D eigenvalue weighted by atomic mass is 9.99. The molecule has 5 rings (SSSR count). The zero-order chi connectivity index (χ0) is 18.5. The topological polar surface area (TPSA) is 46.1 Å². The van der Waals surface area contributed by atoms with Crippen molar-refractivity contribution in [2.45, 2.75) is 0 Å². The average Bonchev–Trinajstić information content (AvgIpc) is 2.71. The Balaban J connectivity index is 1.94. The third kappa shape index (κ3) is 2.34. The van der Waals surface area contributed by atoms with Gasteiger partial charge in [0.05, 0.1) is 22.1 Å². The van der Waals surface area contributed by atoms with Crippen molar-refractivity contribution >= 4 is 49.5 Å². The highest BCUT2D eigenvalue weighted by Gasteiger charge is 2.14. The number of nitrogens with zero attached hydrogens (tertiary/aromatic N) is 3. The van der Waals surface area contributed by atoms with E-state index in [1.165, 1.54) is 5.39 Å². The normalized spacial score (nSPS) is 11.5. The maximum absolute atomic E-state index is 12.3. The molecule has 0 aliphatic rings. The van der Waals surface area contributed by atoms with Gasteiger partial charge in [-0.25, -0.2) is 9.97 Å². The molecule has 1 amide bonds. The van der Waals surface area contributed by atoms with Crippen LogP contribution in [0.15, 0.2) is 66.7 Å². The number of amides is 1. The second kappa shape index (κ2) is 5.74. The van der Waals surface area contributed by atoms with E-state index in [9.17, 15) is 4.79 Å². The van der Waals surface area contributed by atoms with E-state index >= 15 is 0 Å². The zero-order valence-electron chi connectivity index (χ0n) is 15.1. The summed E-state index contributed by atoms with van der Waals surface area (Å²) in [5.41, 5.74) is 3.90. The fourth-order valence-corrected chi connectivity index (χ4v) is 3.67. The minimum atomic E-state index is -0.0397. The molecule has 27 heavy (non-hydrogen) atoms. The second-order valence-corrected chi connectivity index (χ2v) is 6.92. The Kier molecular flexibility index (Phi) is 3.34. The van der Waals surface area contributed by atoms with E-state index in [1.807, 2.05) is 42.5 Å². The number of fused-ring (bicyclic) bond motifs is 7. The van der Waals surface area contributed by atoms with Crippen molar-refractivity contribution in [3.8, 4) is 0 Å². The van der Waals surface area contributed by atoms with Crippen LogP contribution in [0.25, 0.3) is 43.6 Å². The summed E-state index contributed by atoms with van der Waals surface area (Å²) in [5, 5.41) is 4.50. The van der Waals surface area contributed by atoms with Crippen LogP contribution < -0.4 is 0 Å². The van der Waals surface area contributed by atoms with Gasteiger partial charge in [0.25, 0.3) is 5.91 Å². The molecule has 0 aliphatic heterocycles. The maximum atomic E-state index is 12.3. The van der Waals surface area contributed by atoms with Crippen molar-refractivity contribution in [1.82, 2.24) is 14.9 Å². The first-order chi connectivity index (χ1) is 13.1. The highest BCUT2D eigenvalue weighted by Crippen LogP contribution is 2.33. The lowest BCUT2D eigenvalue weighted by Gasteiger charge is -2.12. The lowest BCUT2D eigenvalue weighted by molar-refractivity contribution is 0.0827. The van der Waals surface area contributed by atoms with Crippen molar-refractivity contribution in [3.05, 3.63) is 72.3 Å². The highest BCUT2D eigenvalue weighted by molar-refractivity contribution is 6.23. The van der Waals surface area contributed by atoms with Crippen LogP contribution in [0.5, 0.6) is 0 Å². The van der Waals surface area contributed by atoms with Crippen molar-refractivity contribution in [2.75, 3.05) is 14.1 Å². The molecule has 1 heterocycles. The molecule has 130 valence electrons. The van der Waals surface area contributed by atoms with E-state index in [2.05, 4.69) is 24.3 Å². The Labute approximate surface area is 156 Å². The molecule has 0 saturated carbocycles. The number of carbonyl (C=O) groups excluding carboxylic acids is 1. The molecular formula is C23H17N3O. The van der Waals surface area contributed by atoms with Gasteiger partial charge in [0.2, 0.25) is 0 Å². The van der Waals surface area contributed by atoms with Crippen LogP contribution in [0.1, 0.15) is 10.4 Å². The predicted molar refractivity (Wildman–Crippen MR) is 110 cm³/mol. The molecule has 0 N–H and O–H groups in total. The van der Waals surface area contributed by atoms with E-state index < -0.39 is 0 Å². The molecule has 0 bridgehead atoms. The summed E-state index contributed by atoms with van der Waals surface area (Å²) in [6.07, 6.45) is 0. The Bertz CT molecular complexity index is 1370. The van der Waals surface area contributed by atoms with Gasteiger partial charge in [0.1, 0.15) is 0 Å². The van der Waals surface area contributed by atoms with E-state index in [0.717, 1.165) is 38.2 Å². The molecule has 0 radical (unpaired) electrons. The molecule has 0 aliphatic carbocycles. The lowest BCUT2D eigenvalue weighted by Crippen LogP contribution is -2.21. The summed E-state index contributed by atoms with van der Waals surface area (Å²) in [4.78, 5) is 23.7. The first-order valence-corrected chi connectivity index (χ1v) is 8.86. The van der Waals surface area contributed by atoms with Gasteiger partial charge in [-0.2, -0.15) is 0 Å². The van der Waals surface area contributed by atoms with Gasteiger partial charge in [0.15, 0.2) is 0 Å². The SMILES string of the molecule is CN(C)C(=O)c1ccc2nc3c4ccccc4c4ccccc4c3nc2c1. The van der Waals surface area contributed by atoms with Crippen LogP contribution in [0, 0.1) is 0 Å². The zero-order valence-corrected chi connectivity index (χ0v) is 15.1. The van der Waals surface area contributed by atoms with Crippen LogP contribution >= 0.6 is 0 Å². The molecule has 0 saturated heterocycles. The molecule has 4 heteroatoms. The molecule has 4 aromatic carbocycles. The smallest absolute Gasteiger partial charge is 0.253 e. The van der Waals surface area contributed by atoms with Crippen LogP contribution in [-0.2, 0) is 0 Å². The van der Waals surface area contributed by atoms with Gasteiger partial charge in [-0.1, -0.05) is 48.5 Å². The summed E-state index contributed by atoms with van der Waals surface area (Å²) >= 11 is 0. The third-order valence-corrected chi connectivity index (χ3v) is 4.97. The number of rotatable bonds is 1. The number of benzene rings is 4. The monoisotopic (exact) mass is 351 g/mol. The molecule has 5 aromatic rings. The number of hydrogen-bond donors (Lipinski definition) is 0. The van der Waals surface area contributed by atoms with Gasteiger partial charge < -0.3 is 4.90 Å². The summed E-state index contributed by atoms with van der Waals surface area (Å²) in [6, 6.07) is 22.1. The van der Waals surface area contributed by atoms with Crippen LogP contribution in [0.2, 0.25) is 0 Å². The van der Waals surface area contributed by atoms with Crippen molar-refractivity contribution in [3.63, 3.8) is 0 Å². The first-order valence-electron chi connectivity index (χ1n) is 8.86. The Morgan fingerprint density at radius 2 is 1.22 bits per heavy atom. The van der Waals surface area contributed by atoms with Gasteiger partial charge >= 0.3 is 0 Å². The molecular weight excluding hydrogens is 334 g/mol. The minimum absolute atomic E-state index is 0.0397. The third-order valence-electron chi connectivity index (χ3n) is 4.97. The van der Waals surface area contributed by atoms with Gasteiger partial charge in [0, 0.05) is 30.4 Å². The summed E-state index contributed by atoms with van der Waals surface area (Å²) in [5.74, 6) is -0.0397. The Morgan fingerprint density at radius 1 is 0.704 bits per heavy atom. The molecule has 0 fully saturated rings. The van der Waals surface area contributed by atoms with Crippen LogP contribution in [0.4, 0.5) is 0 Å². The quantitative estimate of drug-likeness (QED) is 0.322. The summed E-state index contributed by atoms with van der Waals surface area (Å²) in [6.45, 7) is 0. The largest absolute Gasteiger partial charge is 0.345 e. The standard InChI is InChI=1S/C23H17N3O/c1-26(2)23(27)14-11-12-19-20(13-14)25-22-18-10-6-4-8-16(18)15-7-3-5-9-17(15)21(22)24-19/h3-13H,1-2H3. The Hall–Kier alpha value is -3.53.